The zero-order valence-electron chi connectivity index (χ0n) is 18.0. The number of halogens is 1. The zero-order valence-corrected chi connectivity index (χ0v) is 18.8. The van der Waals surface area contributed by atoms with Gasteiger partial charge in [0.15, 0.2) is 0 Å². The van der Waals surface area contributed by atoms with E-state index in [9.17, 15) is 9.59 Å². The molecule has 0 aromatic carbocycles. The van der Waals surface area contributed by atoms with E-state index in [2.05, 4.69) is 27.7 Å². The standard InChI is InChI=1S/2C10H21NO2.ClH/c2*1-4-5-7(2)8(3)9(11)6-10(12)13;/h2*7-9H,4-6,11H2,1-3H3,(H,12,13);1H/t2*7-,8-,9-;/m11./s1. The van der Waals surface area contributed by atoms with Gasteiger partial charge in [0.25, 0.3) is 0 Å². The zero-order chi connectivity index (χ0) is 20.9. The molecule has 0 bridgehead atoms. The van der Waals surface area contributed by atoms with Gasteiger partial charge in [-0.05, 0) is 23.7 Å². The van der Waals surface area contributed by atoms with Gasteiger partial charge < -0.3 is 21.7 Å². The average Bonchev–Trinajstić information content (AvgIpc) is 2.53. The maximum absolute atomic E-state index is 10.4. The molecule has 0 aliphatic carbocycles. The molecule has 0 heterocycles. The smallest absolute Gasteiger partial charge is 0.304 e. The van der Waals surface area contributed by atoms with Crippen LogP contribution in [-0.2, 0) is 9.59 Å². The first-order valence-electron chi connectivity index (χ1n) is 9.92. The largest absolute Gasteiger partial charge is 0.481 e. The molecule has 0 aliphatic rings. The van der Waals surface area contributed by atoms with Crippen molar-refractivity contribution in [1.29, 1.82) is 0 Å². The summed E-state index contributed by atoms with van der Waals surface area (Å²) in [6.45, 7) is 12.6. The normalized spacial score (nSPS) is 17.2. The molecule has 164 valence electrons. The van der Waals surface area contributed by atoms with E-state index < -0.39 is 11.9 Å². The molecule has 0 amide bonds. The first kappa shape index (κ1) is 30.9. The fourth-order valence-electron chi connectivity index (χ4n) is 3.06. The van der Waals surface area contributed by atoms with Crippen LogP contribution < -0.4 is 11.5 Å². The maximum atomic E-state index is 10.4. The molecular formula is C20H43ClN2O4. The molecule has 0 aromatic rings. The van der Waals surface area contributed by atoms with Crippen molar-refractivity contribution < 1.29 is 19.8 Å². The molecule has 0 unspecified atom stereocenters. The summed E-state index contributed by atoms with van der Waals surface area (Å²) >= 11 is 0. The molecular weight excluding hydrogens is 368 g/mol. The van der Waals surface area contributed by atoms with Gasteiger partial charge in [-0.15, -0.1) is 12.4 Å². The second-order valence-electron chi connectivity index (χ2n) is 7.77. The van der Waals surface area contributed by atoms with Gasteiger partial charge in [-0.2, -0.15) is 0 Å². The minimum Gasteiger partial charge on any atom is -0.481 e. The summed E-state index contributed by atoms with van der Waals surface area (Å²) in [5, 5.41) is 17.1. The van der Waals surface area contributed by atoms with Gasteiger partial charge in [0, 0.05) is 12.1 Å². The van der Waals surface area contributed by atoms with Crippen LogP contribution in [0.5, 0.6) is 0 Å². The van der Waals surface area contributed by atoms with Crippen molar-refractivity contribution in [2.45, 2.75) is 92.2 Å². The van der Waals surface area contributed by atoms with Crippen LogP contribution in [0, 0.1) is 23.7 Å². The Morgan fingerprint density at radius 1 is 0.741 bits per heavy atom. The first-order chi connectivity index (χ1) is 12.0. The van der Waals surface area contributed by atoms with Crippen molar-refractivity contribution in [3.05, 3.63) is 0 Å². The van der Waals surface area contributed by atoms with E-state index in [1.54, 1.807) is 0 Å². The van der Waals surface area contributed by atoms with Crippen LogP contribution in [0.3, 0.4) is 0 Å². The fourth-order valence-corrected chi connectivity index (χ4v) is 3.06. The number of hydrogen-bond donors (Lipinski definition) is 4. The van der Waals surface area contributed by atoms with Gasteiger partial charge in [-0.3, -0.25) is 9.59 Å². The minimum absolute atomic E-state index is 0. The summed E-state index contributed by atoms with van der Waals surface area (Å²) in [6, 6.07) is -0.418. The van der Waals surface area contributed by atoms with Crippen molar-refractivity contribution in [2.24, 2.45) is 35.1 Å². The highest BCUT2D eigenvalue weighted by Gasteiger charge is 2.21. The van der Waals surface area contributed by atoms with Gasteiger partial charge in [0.2, 0.25) is 0 Å². The van der Waals surface area contributed by atoms with E-state index in [0.29, 0.717) is 11.8 Å². The summed E-state index contributed by atoms with van der Waals surface area (Å²) in [5.41, 5.74) is 11.5. The van der Waals surface area contributed by atoms with Crippen LogP contribution in [0.1, 0.15) is 80.1 Å². The van der Waals surface area contributed by atoms with Crippen molar-refractivity contribution in [1.82, 2.24) is 0 Å². The monoisotopic (exact) mass is 410 g/mol. The molecule has 27 heavy (non-hydrogen) atoms. The number of hydrogen-bond acceptors (Lipinski definition) is 4. The van der Waals surface area contributed by atoms with Gasteiger partial charge in [0.1, 0.15) is 0 Å². The molecule has 6 nitrogen and oxygen atoms in total. The highest BCUT2D eigenvalue weighted by atomic mass is 35.5. The first-order valence-corrected chi connectivity index (χ1v) is 9.92. The molecule has 6 atom stereocenters. The Bertz CT molecular complexity index is 360. The van der Waals surface area contributed by atoms with E-state index in [4.69, 9.17) is 21.7 Å². The highest BCUT2D eigenvalue weighted by molar-refractivity contribution is 5.85. The summed E-state index contributed by atoms with van der Waals surface area (Å²) < 4.78 is 0. The summed E-state index contributed by atoms with van der Waals surface area (Å²) in [5.74, 6) is -0.00287. The van der Waals surface area contributed by atoms with E-state index in [0.717, 1.165) is 25.7 Å². The van der Waals surface area contributed by atoms with E-state index in [-0.39, 0.29) is 49.2 Å². The molecule has 0 aromatic heterocycles. The molecule has 0 saturated heterocycles. The number of carbonyl (C=O) groups is 2. The van der Waals surface area contributed by atoms with Crippen LogP contribution in [0.2, 0.25) is 0 Å². The Kier molecular flexibility index (Phi) is 19.7. The van der Waals surface area contributed by atoms with Crippen molar-refractivity contribution in [3.63, 3.8) is 0 Å². The lowest BCUT2D eigenvalue weighted by atomic mass is 9.85. The molecule has 0 radical (unpaired) electrons. The van der Waals surface area contributed by atoms with Gasteiger partial charge in [0.05, 0.1) is 12.8 Å². The quantitative estimate of drug-likeness (QED) is 0.382. The Hall–Kier alpha value is -0.850. The maximum Gasteiger partial charge on any atom is 0.304 e. The van der Waals surface area contributed by atoms with Crippen molar-refractivity contribution >= 4 is 24.3 Å². The van der Waals surface area contributed by atoms with Gasteiger partial charge in [-0.1, -0.05) is 67.2 Å². The van der Waals surface area contributed by atoms with E-state index in [1.807, 2.05) is 13.8 Å². The second-order valence-corrected chi connectivity index (χ2v) is 7.77. The third-order valence-corrected chi connectivity index (χ3v) is 5.45. The SMILES string of the molecule is CCC[C@@H](C)[C@@H](C)[C@H](N)CC(=O)O.CCC[C@@H](C)[C@@H](C)[C@H](N)CC(=O)O.Cl. The number of nitrogens with two attached hydrogens (primary N) is 2. The predicted octanol–water partition coefficient (Wildman–Crippen LogP) is 4.14. The van der Waals surface area contributed by atoms with E-state index in [1.165, 1.54) is 0 Å². The van der Waals surface area contributed by atoms with Crippen LogP contribution >= 0.6 is 12.4 Å². The van der Waals surface area contributed by atoms with Gasteiger partial charge >= 0.3 is 11.9 Å². The Morgan fingerprint density at radius 2 is 1.00 bits per heavy atom. The molecule has 0 rings (SSSR count). The van der Waals surface area contributed by atoms with Crippen LogP contribution in [0.15, 0.2) is 0 Å². The minimum atomic E-state index is -0.803. The summed E-state index contributed by atoms with van der Waals surface area (Å²) in [6.07, 6.45) is 4.66. The summed E-state index contributed by atoms with van der Waals surface area (Å²) in [7, 11) is 0. The third kappa shape index (κ3) is 15.9. The Labute approximate surface area is 171 Å². The molecule has 0 saturated carbocycles. The lowest BCUT2D eigenvalue weighted by molar-refractivity contribution is -0.138. The highest BCUT2D eigenvalue weighted by Crippen LogP contribution is 2.21. The molecule has 7 heteroatoms. The van der Waals surface area contributed by atoms with Crippen LogP contribution in [0.25, 0.3) is 0 Å². The number of carboxylic acid groups (broad SMARTS) is 2. The number of rotatable bonds is 12. The summed E-state index contributed by atoms with van der Waals surface area (Å²) in [4.78, 5) is 20.8. The van der Waals surface area contributed by atoms with Crippen molar-refractivity contribution in [3.8, 4) is 0 Å². The second kappa shape index (κ2) is 17.3. The number of carboxylic acids is 2. The van der Waals surface area contributed by atoms with E-state index >= 15 is 0 Å². The molecule has 0 fully saturated rings. The van der Waals surface area contributed by atoms with Crippen molar-refractivity contribution in [2.75, 3.05) is 0 Å². The average molecular weight is 411 g/mol. The third-order valence-electron chi connectivity index (χ3n) is 5.45. The Balaban J connectivity index is -0.000000411. The lowest BCUT2D eigenvalue weighted by Crippen LogP contribution is -2.34. The van der Waals surface area contributed by atoms with Crippen LogP contribution in [0.4, 0.5) is 0 Å². The topological polar surface area (TPSA) is 127 Å². The molecule has 0 spiro atoms. The predicted molar refractivity (Wildman–Crippen MR) is 114 cm³/mol. The molecule has 6 N–H and O–H groups in total. The number of aliphatic carboxylic acids is 2. The fraction of sp³-hybridized carbons (Fsp3) is 0.900. The molecule has 0 aliphatic heterocycles. The van der Waals surface area contributed by atoms with Crippen LogP contribution in [-0.4, -0.2) is 34.2 Å². The van der Waals surface area contributed by atoms with Gasteiger partial charge in [-0.25, -0.2) is 0 Å². The Morgan fingerprint density at radius 3 is 1.19 bits per heavy atom. The lowest BCUT2D eigenvalue weighted by Gasteiger charge is -2.24.